The Morgan fingerprint density at radius 3 is 2.87 bits per heavy atom. The zero-order chi connectivity index (χ0) is 10.8. The number of nitrogens with two attached hydrogens (primary N) is 1. The molecule has 1 atom stereocenters. The van der Waals surface area contributed by atoms with Gasteiger partial charge in [0.05, 0.1) is 6.07 Å². The maximum atomic E-state index is 9.08. The average Bonchev–Trinajstić information content (AvgIpc) is 2.57. The molecule has 0 unspecified atom stereocenters. The largest absolute Gasteiger partial charge is 0.452 e. The Labute approximate surface area is 96.8 Å². The maximum absolute atomic E-state index is 9.08. The van der Waals surface area contributed by atoms with E-state index in [1.165, 1.54) is 0 Å². The summed E-state index contributed by atoms with van der Waals surface area (Å²) >= 11 is 3.23. The molecule has 0 radical (unpaired) electrons. The molecule has 0 aromatic carbocycles. The van der Waals surface area contributed by atoms with E-state index in [9.17, 15) is 0 Å². The number of hydrogen-bond acceptors (Lipinski definition) is 4. The van der Waals surface area contributed by atoms with E-state index < -0.39 is 0 Å². The van der Waals surface area contributed by atoms with E-state index in [0.717, 1.165) is 13.1 Å². The summed E-state index contributed by atoms with van der Waals surface area (Å²) in [6.45, 7) is 2.45. The van der Waals surface area contributed by atoms with Crippen molar-refractivity contribution in [1.29, 1.82) is 5.26 Å². The zero-order valence-corrected chi connectivity index (χ0v) is 9.77. The lowest BCUT2D eigenvalue weighted by molar-refractivity contribution is 0.0704. The Morgan fingerprint density at radius 2 is 2.40 bits per heavy atom. The average molecular weight is 270 g/mol. The van der Waals surface area contributed by atoms with Gasteiger partial charge in [-0.05, 0) is 40.5 Å². The summed E-state index contributed by atoms with van der Waals surface area (Å²) in [4.78, 5) is 2.07. The Morgan fingerprint density at radius 1 is 1.67 bits per heavy atom. The molecule has 1 fully saturated rings. The molecule has 1 aliphatic heterocycles. The first kappa shape index (κ1) is 10.7. The molecule has 0 spiro atoms. The van der Waals surface area contributed by atoms with Crippen LogP contribution in [0, 0.1) is 17.2 Å². The van der Waals surface area contributed by atoms with Crippen LogP contribution >= 0.6 is 15.9 Å². The monoisotopic (exact) mass is 269 g/mol. The van der Waals surface area contributed by atoms with Crippen LogP contribution in [0.4, 0.5) is 0 Å². The number of likely N-dealkylation sites (tertiary alicyclic amines) is 1. The van der Waals surface area contributed by atoms with Gasteiger partial charge in [0, 0.05) is 13.1 Å². The maximum Gasteiger partial charge on any atom is 0.169 e. The van der Waals surface area contributed by atoms with Crippen molar-refractivity contribution in [3.63, 3.8) is 0 Å². The van der Waals surface area contributed by atoms with Gasteiger partial charge < -0.3 is 10.2 Å². The van der Waals surface area contributed by atoms with Crippen LogP contribution in [-0.2, 0) is 0 Å². The summed E-state index contributed by atoms with van der Waals surface area (Å²) in [7, 11) is 0. The Hall–Kier alpha value is -0.830. The van der Waals surface area contributed by atoms with Crippen LogP contribution in [0.1, 0.15) is 11.8 Å². The lowest BCUT2D eigenvalue weighted by atomic mass is 9.97. The fourth-order valence-electron chi connectivity index (χ4n) is 1.77. The summed E-state index contributed by atoms with van der Waals surface area (Å²) < 4.78 is 6.04. The van der Waals surface area contributed by atoms with E-state index in [2.05, 4.69) is 26.9 Å². The number of nitriles is 1. The van der Waals surface area contributed by atoms with Gasteiger partial charge in [-0.3, -0.25) is 4.90 Å². The lowest BCUT2D eigenvalue weighted by Gasteiger charge is -2.40. The molecule has 1 aromatic rings. The third-order valence-electron chi connectivity index (χ3n) is 2.67. The third kappa shape index (κ3) is 2.07. The first-order chi connectivity index (χ1) is 7.24. The molecular weight excluding hydrogens is 258 g/mol. The fraction of sp³-hybridized carbons (Fsp3) is 0.500. The number of furan rings is 1. The van der Waals surface area contributed by atoms with E-state index in [4.69, 9.17) is 15.4 Å². The van der Waals surface area contributed by atoms with Crippen LogP contribution in [0.15, 0.2) is 21.2 Å². The predicted molar refractivity (Wildman–Crippen MR) is 58.9 cm³/mol. The van der Waals surface area contributed by atoms with Gasteiger partial charge in [0.1, 0.15) is 5.76 Å². The van der Waals surface area contributed by atoms with Crippen molar-refractivity contribution in [3.05, 3.63) is 22.6 Å². The van der Waals surface area contributed by atoms with Crippen LogP contribution in [-0.4, -0.2) is 24.5 Å². The Balaban J connectivity index is 2.04. The van der Waals surface area contributed by atoms with Gasteiger partial charge in [-0.25, -0.2) is 0 Å². The molecule has 0 bridgehead atoms. The molecule has 1 saturated heterocycles. The fourth-order valence-corrected chi connectivity index (χ4v) is 2.09. The topological polar surface area (TPSA) is 66.2 Å². The van der Waals surface area contributed by atoms with E-state index >= 15 is 0 Å². The zero-order valence-electron chi connectivity index (χ0n) is 8.19. The molecular formula is C10H12BrN3O. The highest BCUT2D eigenvalue weighted by molar-refractivity contribution is 9.10. The molecule has 80 valence electrons. The van der Waals surface area contributed by atoms with Gasteiger partial charge in [0.2, 0.25) is 0 Å². The minimum atomic E-state index is -0.279. The third-order valence-corrected chi connectivity index (χ3v) is 3.10. The minimum Gasteiger partial charge on any atom is -0.452 e. The highest BCUT2D eigenvalue weighted by atomic mass is 79.9. The van der Waals surface area contributed by atoms with Crippen LogP contribution in [0.3, 0.4) is 0 Å². The summed E-state index contributed by atoms with van der Waals surface area (Å²) in [5, 5.41) is 9.08. The second kappa shape index (κ2) is 4.35. The van der Waals surface area contributed by atoms with E-state index in [1.807, 2.05) is 6.07 Å². The van der Waals surface area contributed by atoms with Crippen LogP contribution in [0.2, 0.25) is 0 Å². The first-order valence-corrected chi connectivity index (χ1v) is 5.63. The number of halogens is 1. The van der Waals surface area contributed by atoms with Crippen LogP contribution in [0.5, 0.6) is 0 Å². The standard InChI is InChI=1S/C10H12BrN3O/c11-10-2-1-9(15-10)8(4-13)14-5-7(3-12)6-14/h1-2,7-8H,3,5-6,12H2/t8-/m1/s1. The quantitative estimate of drug-likeness (QED) is 0.903. The van der Waals surface area contributed by atoms with Gasteiger partial charge in [-0.15, -0.1) is 0 Å². The SMILES string of the molecule is N#C[C@H](c1ccc(Br)o1)N1CC(CN)C1. The van der Waals surface area contributed by atoms with Crippen molar-refractivity contribution in [1.82, 2.24) is 4.90 Å². The smallest absolute Gasteiger partial charge is 0.169 e. The molecule has 0 saturated carbocycles. The summed E-state index contributed by atoms with van der Waals surface area (Å²) in [5.74, 6) is 1.22. The van der Waals surface area contributed by atoms with E-state index in [-0.39, 0.29) is 6.04 Å². The van der Waals surface area contributed by atoms with Crippen molar-refractivity contribution in [2.75, 3.05) is 19.6 Å². The van der Waals surface area contributed by atoms with Gasteiger partial charge in [0.25, 0.3) is 0 Å². The van der Waals surface area contributed by atoms with Crippen molar-refractivity contribution >= 4 is 15.9 Å². The molecule has 2 heterocycles. The summed E-state index contributed by atoms with van der Waals surface area (Å²) in [5.41, 5.74) is 5.54. The predicted octanol–water partition coefficient (Wildman–Crippen LogP) is 1.50. The summed E-state index contributed by atoms with van der Waals surface area (Å²) in [6.07, 6.45) is 0. The van der Waals surface area contributed by atoms with Gasteiger partial charge >= 0.3 is 0 Å². The molecule has 0 aliphatic carbocycles. The highest BCUT2D eigenvalue weighted by Gasteiger charge is 2.33. The molecule has 2 N–H and O–H groups in total. The van der Waals surface area contributed by atoms with Crippen LogP contribution < -0.4 is 5.73 Å². The second-order valence-electron chi connectivity index (χ2n) is 3.73. The number of nitrogens with zero attached hydrogens (tertiary/aromatic N) is 2. The van der Waals surface area contributed by atoms with Crippen molar-refractivity contribution in [3.8, 4) is 6.07 Å². The molecule has 0 amide bonds. The van der Waals surface area contributed by atoms with Gasteiger partial charge in [-0.2, -0.15) is 5.26 Å². The van der Waals surface area contributed by atoms with Crippen molar-refractivity contribution < 1.29 is 4.42 Å². The molecule has 1 aromatic heterocycles. The minimum absolute atomic E-state index is 0.279. The number of hydrogen-bond donors (Lipinski definition) is 1. The molecule has 2 rings (SSSR count). The molecule has 15 heavy (non-hydrogen) atoms. The van der Waals surface area contributed by atoms with Crippen molar-refractivity contribution in [2.24, 2.45) is 11.7 Å². The Kier molecular flexibility index (Phi) is 3.10. The lowest BCUT2D eigenvalue weighted by Crippen LogP contribution is -2.50. The summed E-state index contributed by atoms with van der Waals surface area (Å²) in [6, 6.07) is 5.60. The normalized spacial score (nSPS) is 19.5. The van der Waals surface area contributed by atoms with Crippen LogP contribution in [0.25, 0.3) is 0 Å². The second-order valence-corrected chi connectivity index (χ2v) is 4.51. The Bertz CT molecular complexity index is 378. The van der Waals surface area contributed by atoms with E-state index in [1.54, 1.807) is 6.07 Å². The van der Waals surface area contributed by atoms with Gasteiger partial charge in [-0.1, -0.05) is 0 Å². The molecule has 5 heteroatoms. The molecule has 4 nitrogen and oxygen atoms in total. The van der Waals surface area contributed by atoms with Crippen molar-refractivity contribution in [2.45, 2.75) is 6.04 Å². The molecule has 1 aliphatic rings. The number of rotatable bonds is 3. The first-order valence-electron chi connectivity index (χ1n) is 4.83. The van der Waals surface area contributed by atoms with E-state index in [0.29, 0.717) is 22.9 Å². The highest BCUT2D eigenvalue weighted by Crippen LogP contribution is 2.30. The van der Waals surface area contributed by atoms with Gasteiger partial charge in [0.15, 0.2) is 10.7 Å².